The number of amides is 2. The van der Waals surface area contributed by atoms with Gasteiger partial charge in [0.2, 0.25) is 5.91 Å². The zero-order valence-corrected chi connectivity index (χ0v) is 16.7. The van der Waals surface area contributed by atoms with Crippen molar-refractivity contribution in [2.24, 2.45) is 11.8 Å². The van der Waals surface area contributed by atoms with Crippen LogP contribution in [-0.4, -0.2) is 25.5 Å². The van der Waals surface area contributed by atoms with Crippen molar-refractivity contribution < 1.29 is 19.1 Å². The fourth-order valence-electron chi connectivity index (χ4n) is 3.24. The smallest absolute Gasteiger partial charge is 0.269 e. The summed E-state index contributed by atoms with van der Waals surface area (Å²) in [4.78, 5) is 24.3. The molecule has 1 saturated carbocycles. The highest BCUT2D eigenvalue weighted by Crippen LogP contribution is 2.28. The predicted molar refractivity (Wildman–Crippen MR) is 105 cm³/mol. The Hall–Kier alpha value is -2.24. The van der Waals surface area contributed by atoms with Gasteiger partial charge in [0.1, 0.15) is 0 Å². The number of carbonyl (C=O) groups excluding carboxylic acids is 2. The number of hydrogen-bond donors (Lipinski definition) is 2. The highest BCUT2D eigenvalue weighted by atomic mass is 16.5. The number of ether oxygens (including phenoxy) is 2. The van der Waals surface area contributed by atoms with Gasteiger partial charge in [0.25, 0.3) is 5.91 Å². The molecule has 2 N–H and O–H groups in total. The van der Waals surface area contributed by atoms with Gasteiger partial charge in [0.15, 0.2) is 11.5 Å². The molecule has 27 heavy (non-hydrogen) atoms. The maximum Gasteiger partial charge on any atom is 0.269 e. The van der Waals surface area contributed by atoms with Crippen LogP contribution in [0.5, 0.6) is 11.5 Å². The molecule has 0 heterocycles. The van der Waals surface area contributed by atoms with Gasteiger partial charge in [0, 0.05) is 12.0 Å². The van der Waals surface area contributed by atoms with E-state index in [0.29, 0.717) is 41.9 Å². The highest BCUT2D eigenvalue weighted by molar-refractivity contribution is 5.96. The van der Waals surface area contributed by atoms with E-state index in [4.69, 9.17) is 9.47 Å². The van der Waals surface area contributed by atoms with Crippen molar-refractivity contribution in [1.29, 1.82) is 0 Å². The van der Waals surface area contributed by atoms with Crippen LogP contribution in [0.2, 0.25) is 0 Å². The molecule has 0 unspecified atom stereocenters. The highest BCUT2D eigenvalue weighted by Gasteiger charge is 2.18. The van der Waals surface area contributed by atoms with Crippen molar-refractivity contribution in [1.82, 2.24) is 10.9 Å². The van der Waals surface area contributed by atoms with Gasteiger partial charge in [-0.1, -0.05) is 33.1 Å². The minimum absolute atomic E-state index is 0.143. The summed E-state index contributed by atoms with van der Waals surface area (Å²) in [5.74, 6) is 1.57. The molecule has 1 aliphatic carbocycles. The Morgan fingerprint density at radius 2 is 1.85 bits per heavy atom. The first-order valence-electron chi connectivity index (χ1n) is 9.89. The first-order chi connectivity index (χ1) is 13.0. The third-order valence-electron chi connectivity index (χ3n) is 4.89. The molecule has 1 aromatic carbocycles. The molecule has 0 radical (unpaired) electrons. The van der Waals surface area contributed by atoms with Crippen LogP contribution in [0.4, 0.5) is 0 Å². The monoisotopic (exact) mass is 376 g/mol. The van der Waals surface area contributed by atoms with Crippen LogP contribution in [0.3, 0.4) is 0 Å². The summed E-state index contributed by atoms with van der Waals surface area (Å²) in [6.45, 7) is 4.87. The lowest BCUT2D eigenvalue weighted by molar-refractivity contribution is -0.123. The van der Waals surface area contributed by atoms with E-state index in [0.717, 1.165) is 19.3 Å². The van der Waals surface area contributed by atoms with Crippen molar-refractivity contribution >= 4 is 11.8 Å². The second-order valence-electron chi connectivity index (χ2n) is 7.61. The second-order valence-corrected chi connectivity index (χ2v) is 7.61. The largest absolute Gasteiger partial charge is 0.493 e. The zero-order valence-electron chi connectivity index (χ0n) is 16.7. The average molecular weight is 376 g/mol. The topological polar surface area (TPSA) is 76.7 Å². The quantitative estimate of drug-likeness (QED) is 0.676. The van der Waals surface area contributed by atoms with Crippen LogP contribution in [0, 0.1) is 11.8 Å². The predicted octanol–water partition coefficient (Wildman–Crippen LogP) is 3.85. The molecule has 2 amide bonds. The Morgan fingerprint density at radius 1 is 1.11 bits per heavy atom. The first-order valence-corrected chi connectivity index (χ1v) is 9.89. The number of methoxy groups -OCH3 is 1. The van der Waals surface area contributed by atoms with E-state index in [1.54, 1.807) is 18.2 Å². The van der Waals surface area contributed by atoms with E-state index >= 15 is 0 Å². The Morgan fingerprint density at radius 3 is 2.52 bits per heavy atom. The molecule has 150 valence electrons. The molecule has 1 fully saturated rings. The third kappa shape index (κ3) is 7.12. The van der Waals surface area contributed by atoms with E-state index < -0.39 is 0 Å². The second kappa shape index (κ2) is 10.8. The summed E-state index contributed by atoms with van der Waals surface area (Å²) in [6, 6.07) is 5.00. The molecule has 2 rings (SSSR count). The van der Waals surface area contributed by atoms with Gasteiger partial charge in [-0.15, -0.1) is 0 Å². The lowest BCUT2D eigenvalue weighted by atomic mass is 9.87. The Bertz CT molecular complexity index is 625. The standard InChI is InChI=1S/C21H32N2O4/c1-15(2)11-12-27-18-10-9-17(14-19(18)26-3)21(25)23-22-20(24)13-16-7-5-4-6-8-16/h9-10,14-16H,4-8,11-13H2,1-3H3,(H,22,24)(H,23,25). The summed E-state index contributed by atoms with van der Waals surface area (Å²) < 4.78 is 11.1. The molecule has 1 aliphatic rings. The number of hydrazine groups is 1. The minimum atomic E-state index is -0.376. The zero-order chi connectivity index (χ0) is 19.6. The van der Waals surface area contributed by atoms with Gasteiger partial charge in [0.05, 0.1) is 13.7 Å². The SMILES string of the molecule is COc1cc(C(=O)NNC(=O)CC2CCCCC2)ccc1OCCC(C)C. The van der Waals surface area contributed by atoms with E-state index in [1.807, 2.05) is 0 Å². The summed E-state index contributed by atoms with van der Waals surface area (Å²) in [7, 11) is 1.54. The molecule has 0 spiro atoms. The molecule has 6 nitrogen and oxygen atoms in total. The molecule has 6 heteroatoms. The van der Waals surface area contributed by atoms with E-state index in [1.165, 1.54) is 26.4 Å². The number of carbonyl (C=O) groups is 2. The Labute approximate surface area is 162 Å². The summed E-state index contributed by atoms with van der Waals surface area (Å²) in [5.41, 5.74) is 5.40. The van der Waals surface area contributed by atoms with Gasteiger partial charge < -0.3 is 9.47 Å². The van der Waals surface area contributed by atoms with Crippen LogP contribution in [0.15, 0.2) is 18.2 Å². The van der Waals surface area contributed by atoms with Gasteiger partial charge in [-0.25, -0.2) is 0 Å². The van der Waals surface area contributed by atoms with Crippen molar-refractivity contribution in [2.75, 3.05) is 13.7 Å². The molecule has 0 aromatic heterocycles. The minimum Gasteiger partial charge on any atom is -0.493 e. The molecule has 1 aromatic rings. The van der Waals surface area contributed by atoms with Crippen LogP contribution >= 0.6 is 0 Å². The van der Waals surface area contributed by atoms with Crippen LogP contribution in [0.25, 0.3) is 0 Å². The number of rotatable bonds is 8. The number of benzene rings is 1. The van der Waals surface area contributed by atoms with Gasteiger partial charge in [-0.2, -0.15) is 0 Å². The summed E-state index contributed by atoms with van der Waals surface area (Å²) in [6.07, 6.45) is 7.23. The van der Waals surface area contributed by atoms with Crippen molar-refractivity contribution in [3.63, 3.8) is 0 Å². The molecular weight excluding hydrogens is 344 g/mol. The fraction of sp³-hybridized carbons (Fsp3) is 0.619. The third-order valence-corrected chi connectivity index (χ3v) is 4.89. The summed E-state index contributed by atoms with van der Waals surface area (Å²) >= 11 is 0. The van der Waals surface area contributed by atoms with Gasteiger partial charge in [-0.3, -0.25) is 20.4 Å². The van der Waals surface area contributed by atoms with Crippen molar-refractivity contribution in [3.8, 4) is 11.5 Å². The molecular formula is C21H32N2O4. The van der Waals surface area contributed by atoms with Crippen LogP contribution < -0.4 is 20.3 Å². The fourth-order valence-corrected chi connectivity index (χ4v) is 3.24. The van der Waals surface area contributed by atoms with Crippen LogP contribution in [0.1, 0.15) is 69.2 Å². The molecule has 0 atom stereocenters. The van der Waals surface area contributed by atoms with Crippen molar-refractivity contribution in [2.45, 2.75) is 58.8 Å². The maximum absolute atomic E-state index is 12.3. The van der Waals surface area contributed by atoms with E-state index in [-0.39, 0.29) is 11.8 Å². The molecule has 0 bridgehead atoms. The Kier molecular flexibility index (Phi) is 8.43. The van der Waals surface area contributed by atoms with Gasteiger partial charge in [-0.05, 0) is 49.3 Å². The molecule has 0 aliphatic heterocycles. The maximum atomic E-state index is 12.3. The van der Waals surface area contributed by atoms with Crippen LogP contribution in [-0.2, 0) is 4.79 Å². The van der Waals surface area contributed by atoms with E-state index in [2.05, 4.69) is 24.7 Å². The number of hydrogen-bond acceptors (Lipinski definition) is 4. The molecule has 0 saturated heterocycles. The van der Waals surface area contributed by atoms with Gasteiger partial charge >= 0.3 is 0 Å². The normalized spacial score (nSPS) is 14.7. The first kappa shape index (κ1) is 21.1. The Balaban J connectivity index is 1.84. The lowest BCUT2D eigenvalue weighted by Crippen LogP contribution is -2.42. The van der Waals surface area contributed by atoms with Crippen molar-refractivity contribution in [3.05, 3.63) is 23.8 Å². The number of nitrogens with one attached hydrogen (secondary N) is 2. The van der Waals surface area contributed by atoms with E-state index in [9.17, 15) is 9.59 Å². The summed E-state index contributed by atoms with van der Waals surface area (Å²) in [5, 5.41) is 0. The lowest BCUT2D eigenvalue weighted by Gasteiger charge is -2.20. The average Bonchev–Trinajstić information content (AvgIpc) is 2.66.